The Hall–Kier alpha value is -0.980. The lowest BCUT2D eigenvalue weighted by atomic mass is 10.1. The molecule has 30 heavy (non-hydrogen) atoms. The van der Waals surface area contributed by atoms with Crippen molar-refractivity contribution >= 4 is 57.9 Å². The van der Waals surface area contributed by atoms with E-state index in [0.717, 1.165) is 69.1 Å². The number of rotatable bonds is 5. The third kappa shape index (κ3) is 5.43. The van der Waals surface area contributed by atoms with Gasteiger partial charge in [-0.25, -0.2) is 4.98 Å². The Balaban J connectivity index is 0.00000256. The molecule has 0 saturated carbocycles. The molecule has 0 aromatic carbocycles. The van der Waals surface area contributed by atoms with Crippen LogP contribution in [0.4, 0.5) is 5.13 Å². The average molecular weight is 562 g/mol. The molecular weight excluding hydrogens is 529 g/mol. The van der Waals surface area contributed by atoms with Gasteiger partial charge in [0.1, 0.15) is 5.82 Å². The van der Waals surface area contributed by atoms with E-state index >= 15 is 0 Å². The highest BCUT2D eigenvalue weighted by atomic mass is 127. The molecule has 2 aliphatic rings. The fourth-order valence-electron chi connectivity index (χ4n) is 3.97. The predicted octanol–water partition coefficient (Wildman–Crippen LogP) is 2.92. The molecule has 1 saturated heterocycles. The van der Waals surface area contributed by atoms with E-state index in [1.807, 2.05) is 18.4 Å². The van der Waals surface area contributed by atoms with Gasteiger partial charge in [-0.3, -0.25) is 9.89 Å². The van der Waals surface area contributed by atoms with Crippen LogP contribution in [0.2, 0.25) is 0 Å². The van der Waals surface area contributed by atoms with Crippen molar-refractivity contribution in [1.29, 1.82) is 0 Å². The lowest BCUT2D eigenvalue weighted by molar-refractivity contribution is 0.191. The van der Waals surface area contributed by atoms with Crippen molar-refractivity contribution in [3.05, 3.63) is 27.7 Å². The zero-order chi connectivity index (χ0) is 20.2. The summed E-state index contributed by atoms with van der Waals surface area (Å²) in [7, 11) is 1.89. The van der Waals surface area contributed by atoms with E-state index in [1.54, 1.807) is 4.88 Å². The first kappa shape index (κ1) is 23.7. The minimum Gasteiger partial charge on any atom is -0.355 e. The van der Waals surface area contributed by atoms with E-state index in [4.69, 9.17) is 0 Å². The maximum absolute atomic E-state index is 4.63. The van der Waals surface area contributed by atoms with E-state index < -0.39 is 0 Å². The van der Waals surface area contributed by atoms with Crippen LogP contribution in [0, 0.1) is 0 Å². The van der Waals surface area contributed by atoms with E-state index in [0.29, 0.717) is 6.04 Å². The summed E-state index contributed by atoms with van der Waals surface area (Å²) in [5.74, 6) is 1.96. The molecular formula is C20H32IN7S2. The Kier molecular flexibility index (Phi) is 8.72. The minimum absolute atomic E-state index is 0. The first-order chi connectivity index (χ1) is 14.2. The van der Waals surface area contributed by atoms with Gasteiger partial charge in [0.25, 0.3) is 0 Å². The second-order valence-electron chi connectivity index (χ2n) is 7.69. The van der Waals surface area contributed by atoms with Crippen molar-refractivity contribution in [1.82, 2.24) is 24.5 Å². The van der Waals surface area contributed by atoms with Crippen LogP contribution in [0.5, 0.6) is 0 Å². The van der Waals surface area contributed by atoms with Gasteiger partial charge in [0.15, 0.2) is 5.96 Å². The fraction of sp³-hybridized carbons (Fsp3) is 0.650. The van der Waals surface area contributed by atoms with Crippen molar-refractivity contribution in [3.8, 4) is 0 Å². The number of thiophene rings is 1. The highest BCUT2D eigenvalue weighted by Gasteiger charge is 2.24. The van der Waals surface area contributed by atoms with Crippen LogP contribution in [0.3, 0.4) is 0 Å². The molecule has 2 aliphatic heterocycles. The maximum atomic E-state index is 4.63. The van der Waals surface area contributed by atoms with Crippen LogP contribution in [-0.4, -0.2) is 77.5 Å². The number of aliphatic imine (C=N–C) groups is 1. The number of hydrogen-bond acceptors (Lipinski definition) is 7. The molecule has 0 radical (unpaired) electrons. The summed E-state index contributed by atoms with van der Waals surface area (Å²) in [6.45, 7) is 11.4. The van der Waals surface area contributed by atoms with Crippen molar-refractivity contribution < 1.29 is 0 Å². The summed E-state index contributed by atoms with van der Waals surface area (Å²) in [5.41, 5.74) is 1.51. The van der Waals surface area contributed by atoms with Gasteiger partial charge >= 0.3 is 0 Å². The highest BCUT2D eigenvalue weighted by Crippen LogP contribution is 2.25. The zero-order valence-electron chi connectivity index (χ0n) is 18.0. The van der Waals surface area contributed by atoms with E-state index in [-0.39, 0.29) is 24.0 Å². The lowest BCUT2D eigenvalue weighted by Gasteiger charge is -2.37. The molecule has 0 spiro atoms. The number of aryl methyl sites for hydroxylation is 1. The fourth-order valence-corrected chi connectivity index (χ4v) is 5.66. The van der Waals surface area contributed by atoms with Crippen molar-refractivity contribution in [2.45, 2.75) is 39.3 Å². The standard InChI is InChI=1S/C20H31N7S2.HI/c1-4-18-23-20(29-24-18)26-10-8-25(9-11-26)19(21-3)22-13-15(2)27-7-5-17-16(14-27)6-12-28-17;/h6,12,15H,4-5,7-11,13-14H2,1-3H3,(H,21,22);1H. The molecule has 1 N–H and O–H groups in total. The lowest BCUT2D eigenvalue weighted by Crippen LogP contribution is -2.54. The summed E-state index contributed by atoms with van der Waals surface area (Å²) in [5, 5.41) is 6.89. The van der Waals surface area contributed by atoms with Crippen LogP contribution in [-0.2, 0) is 19.4 Å². The van der Waals surface area contributed by atoms with E-state index in [9.17, 15) is 0 Å². The Morgan fingerprint density at radius 2 is 2.07 bits per heavy atom. The summed E-state index contributed by atoms with van der Waals surface area (Å²) in [6.07, 6.45) is 2.08. The molecule has 10 heteroatoms. The van der Waals surface area contributed by atoms with Crippen molar-refractivity contribution in [3.63, 3.8) is 0 Å². The van der Waals surface area contributed by atoms with Gasteiger partial charge in [-0.05, 0) is 30.4 Å². The van der Waals surface area contributed by atoms with Crippen LogP contribution >= 0.6 is 46.8 Å². The minimum atomic E-state index is 0. The molecule has 7 nitrogen and oxygen atoms in total. The number of aromatic nitrogens is 2. The van der Waals surface area contributed by atoms with Gasteiger partial charge < -0.3 is 15.1 Å². The van der Waals surface area contributed by atoms with Crippen LogP contribution in [0.25, 0.3) is 0 Å². The van der Waals surface area contributed by atoms with Crippen molar-refractivity contribution in [2.24, 2.45) is 4.99 Å². The van der Waals surface area contributed by atoms with Crippen LogP contribution in [0.15, 0.2) is 16.4 Å². The number of anilines is 1. The highest BCUT2D eigenvalue weighted by molar-refractivity contribution is 14.0. The molecule has 1 fully saturated rings. The Labute approximate surface area is 204 Å². The number of halogens is 1. The number of hydrogen-bond donors (Lipinski definition) is 1. The number of guanidine groups is 1. The summed E-state index contributed by atoms with van der Waals surface area (Å²) in [6, 6.07) is 2.77. The SMILES string of the molecule is CCc1nsc(N2CCN(C(=NC)NCC(C)N3CCc4sccc4C3)CC2)n1.I. The van der Waals surface area contributed by atoms with E-state index in [2.05, 4.69) is 59.7 Å². The second-order valence-corrected chi connectivity index (χ2v) is 9.42. The molecule has 2 aromatic heterocycles. The summed E-state index contributed by atoms with van der Waals surface area (Å²) < 4.78 is 4.42. The van der Waals surface area contributed by atoms with Gasteiger partial charge in [0.2, 0.25) is 5.13 Å². The molecule has 1 unspecified atom stereocenters. The Bertz CT molecular complexity index is 829. The topological polar surface area (TPSA) is 59.9 Å². The monoisotopic (exact) mass is 561 g/mol. The van der Waals surface area contributed by atoms with Gasteiger partial charge in [0, 0.05) is 81.7 Å². The number of piperazine rings is 1. The number of nitrogens with zero attached hydrogens (tertiary/aromatic N) is 6. The molecule has 4 heterocycles. The van der Waals surface area contributed by atoms with Crippen LogP contribution in [0.1, 0.15) is 30.1 Å². The number of fused-ring (bicyclic) bond motifs is 1. The normalized spacial score (nSPS) is 18.7. The summed E-state index contributed by atoms with van der Waals surface area (Å²) in [4.78, 5) is 18.0. The first-order valence-electron chi connectivity index (χ1n) is 10.5. The van der Waals surface area contributed by atoms with Crippen molar-refractivity contribution in [2.75, 3.05) is 51.2 Å². The molecule has 0 bridgehead atoms. The smallest absolute Gasteiger partial charge is 0.205 e. The molecule has 0 amide bonds. The van der Waals surface area contributed by atoms with Gasteiger partial charge in [-0.2, -0.15) is 4.37 Å². The largest absolute Gasteiger partial charge is 0.355 e. The number of nitrogens with one attached hydrogen (secondary N) is 1. The molecule has 1 atom stereocenters. The molecule has 166 valence electrons. The second kappa shape index (κ2) is 11.1. The van der Waals surface area contributed by atoms with Gasteiger partial charge in [-0.1, -0.05) is 6.92 Å². The van der Waals surface area contributed by atoms with Gasteiger partial charge in [0.05, 0.1) is 0 Å². The molecule has 2 aromatic rings. The summed E-state index contributed by atoms with van der Waals surface area (Å²) >= 11 is 3.42. The zero-order valence-corrected chi connectivity index (χ0v) is 22.0. The first-order valence-corrected chi connectivity index (χ1v) is 12.2. The molecule has 0 aliphatic carbocycles. The third-order valence-corrected chi connectivity index (χ3v) is 7.69. The maximum Gasteiger partial charge on any atom is 0.205 e. The average Bonchev–Trinajstić information content (AvgIpc) is 3.43. The van der Waals surface area contributed by atoms with Crippen LogP contribution < -0.4 is 10.2 Å². The third-order valence-electron chi connectivity index (χ3n) is 5.85. The molecule has 4 rings (SSSR count). The quantitative estimate of drug-likeness (QED) is 0.344. The van der Waals surface area contributed by atoms with Gasteiger partial charge in [-0.15, -0.1) is 35.3 Å². The van der Waals surface area contributed by atoms with E-state index in [1.165, 1.54) is 23.5 Å². The Morgan fingerprint density at radius 1 is 1.27 bits per heavy atom. The Morgan fingerprint density at radius 3 is 2.77 bits per heavy atom. The predicted molar refractivity (Wildman–Crippen MR) is 138 cm³/mol.